The number of carbonyl (C=O) groups excluding carboxylic acids is 1. The minimum Gasteiger partial charge on any atom is -0.483 e. The van der Waals surface area contributed by atoms with E-state index in [0.29, 0.717) is 5.75 Å². The number of aliphatic hydroxyl groups is 1. The van der Waals surface area contributed by atoms with E-state index in [1.165, 1.54) is 0 Å². The van der Waals surface area contributed by atoms with Crippen LogP contribution in [0.15, 0.2) is 47.1 Å². The van der Waals surface area contributed by atoms with E-state index in [-0.39, 0.29) is 19.3 Å². The molecule has 1 aliphatic heterocycles. The Bertz CT molecular complexity index is 720. The van der Waals surface area contributed by atoms with Gasteiger partial charge < -0.3 is 20.0 Å². The fourth-order valence-electron chi connectivity index (χ4n) is 3.50. The quantitative estimate of drug-likeness (QED) is 0.687. The van der Waals surface area contributed by atoms with Crippen LogP contribution in [-0.2, 0) is 17.9 Å². The SMILES string of the molecule is NC(=O)COc1ccccc1CN1CCN(Cc2ccco2)C(CCO)C1. The molecule has 2 heterocycles. The zero-order chi connectivity index (χ0) is 19.1. The number of rotatable bonds is 9. The Hall–Kier alpha value is -2.35. The van der Waals surface area contributed by atoms with Crippen molar-refractivity contribution in [3.05, 3.63) is 54.0 Å². The van der Waals surface area contributed by atoms with Crippen LogP contribution in [-0.4, -0.2) is 59.7 Å². The van der Waals surface area contributed by atoms with Crippen LogP contribution in [0.25, 0.3) is 0 Å². The molecule has 3 N–H and O–H groups in total. The molecule has 1 fully saturated rings. The van der Waals surface area contributed by atoms with Crippen molar-refractivity contribution in [3.63, 3.8) is 0 Å². The van der Waals surface area contributed by atoms with Crippen LogP contribution in [0.5, 0.6) is 5.75 Å². The maximum Gasteiger partial charge on any atom is 0.255 e. The molecule has 3 rings (SSSR count). The largest absolute Gasteiger partial charge is 0.483 e. The molecule has 1 aromatic heterocycles. The Morgan fingerprint density at radius 3 is 2.81 bits per heavy atom. The first-order chi connectivity index (χ1) is 13.2. The van der Waals surface area contributed by atoms with Gasteiger partial charge in [-0.1, -0.05) is 18.2 Å². The molecule has 1 aliphatic rings. The van der Waals surface area contributed by atoms with Gasteiger partial charge in [-0.2, -0.15) is 0 Å². The third-order valence-corrected chi connectivity index (χ3v) is 4.83. The number of piperazine rings is 1. The number of amides is 1. The number of carbonyl (C=O) groups is 1. The van der Waals surface area contributed by atoms with E-state index in [2.05, 4.69) is 9.80 Å². The van der Waals surface area contributed by atoms with Gasteiger partial charge in [0.1, 0.15) is 11.5 Å². The summed E-state index contributed by atoms with van der Waals surface area (Å²) in [6, 6.07) is 11.8. The number of hydrogen-bond donors (Lipinski definition) is 2. The van der Waals surface area contributed by atoms with Crippen LogP contribution in [0.2, 0.25) is 0 Å². The highest BCUT2D eigenvalue weighted by Gasteiger charge is 2.27. The lowest BCUT2D eigenvalue weighted by molar-refractivity contribution is -0.119. The zero-order valence-corrected chi connectivity index (χ0v) is 15.4. The number of nitrogens with two attached hydrogens (primary N) is 1. The summed E-state index contributed by atoms with van der Waals surface area (Å²) in [4.78, 5) is 15.7. The highest BCUT2D eigenvalue weighted by Crippen LogP contribution is 2.23. The van der Waals surface area contributed by atoms with Crippen molar-refractivity contribution in [2.45, 2.75) is 25.6 Å². The smallest absolute Gasteiger partial charge is 0.255 e. The Morgan fingerprint density at radius 1 is 1.22 bits per heavy atom. The molecule has 7 nitrogen and oxygen atoms in total. The summed E-state index contributed by atoms with van der Waals surface area (Å²) in [6.07, 6.45) is 2.41. The summed E-state index contributed by atoms with van der Waals surface area (Å²) in [5.41, 5.74) is 6.21. The number of hydrogen-bond acceptors (Lipinski definition) is 6. The predicted molar refractivity (Wildman–Crippen MR) is 101 cm³/mol. The van der Waals surface area contributed by atoms with Crippen molar-refractivity contribution in [2.24, 2.45) is 5.73 Å². The molecule has 0 aliphatic carbocycles. The number of aliphatic hydroxyl groups excluding tert-OH is 1. The van der Waals surface area contributed by atoms with Gasteiger partial charge in [0.25, 0.3) is 5.91 Å². The molecule has 1 atom stereocenters. The van der Waals surface area contributed by atoms with Crippen LogP contribution >= 0.6 is 0 Å². The van der Waals surface area contributed by atoms with Gasteiger partial charge >= 0.3 is 0 Å². The van der Waals surface area contributed by atoms with E-state index in [0.717, 1.165) is 50.5 Å². The molecule has 1 saturated heterocycles. The highest BCUT2D eigenvalue weighted by atomic mass is 16.5. The average Bonchev–Trinajstić information content (AvgIpc) is 3.16. The van der Waals surface area contributed by atoms with Crippen molar-refractivity contribution in [1.82, 2.24) is 9.80 Å². The van der Waals surface area contributed by atoms with Crippen LogP contribution in [0.3, 0.4) is 0 Å². The van der Waals surface area contributed by atoms with Gasteiger partial charge in [0.05, 0.1) is 12.8 Å². The molecule has 0 bridgehead atoms. The number of primary amides is 1. The molecule has 7 heteroatoms. The summed E-state index contributed by atoms with van der Waals surface area (Å²) in [5.74, 6) is 1.14. The Morgan fingerprint density at radius 2 is 2.07 bits per heavy atom. The van der Waals surface area contributed by atoms with Gasteiger partial charge in [-0.05, 0) is 24.6 Å². The lowest BCUT2D eigenvalue weighted by Gasteiger charge is -2.41. The topological polar surface area (TPSA) is 92.2 Å². The Kier molecular flexibility index (Phi) is 6.86. The second kappa shape index (κ2) is 9.55. The fourth-order valence-corrected chi connectivity index (χ4v) is 3.50. The molecule has 1 unspecified atom stereocenters. The maximum atomic E-state index is 11.0. The second-order valence-corrected chi connectivity index (χ2v) is 6.81. The van der Waals surface area contributed by atoms with E-state index in [1.807, 2.05) is 36.4 Å². The second-order valence-electron chi connectivity index (χ2n) is 6.81. The third-order valence-electron chi connectivity index (χ3n) is 4.83. The van der Waals surface area contributed by atoms with Crippen LogP contribution in [0, 0.1) is 0 Å². The third kappa shape index (κ3) is 5.56. The van der Waals surface area contributed by atoms with Crippen LogP contribution in [0.1, 0.15) is 17.7 Å². The van der Waals surface area contributed by atoms with Gasteiger partial charge in [0.15, 0.2) is 6.61 Å². The Balaban J connectivity index is 1.62. The molecule has 27 heavy (non-hydrogen) atoms. The van der Waals surface area contributed by atoms with Crippen molar-refractivity contribution in [3.8, 4) is 5.75 Å². The van der Waals surface area contributed by atoms with Gasteiger partial charge in [0, 0.05) is 44.4 Å². The minimum atomic E-state index is -0.487. The van der Waals surface area contributed by atoms with E-state index >= 15 is 0 Å². The maximum absolute atomic E-state index is 11.0. The van der Waals surface area contributed by atoms with E-state index in [9.17, 15) is 9.90 Å². The molecular weight excluding hydrogens is 346 g/mol. The monoisotopic (exact) mass is 373 g/mol. The van der Waals surface area contributed by atoms with E-state index in [4.69, 9.17) is 14.9 Å². The summed E-state index contributed by atoms with van der Waals surface area (Å²) in [5, 5.41) is 9.47. The normalized spacial score (nSPS) is 18.5. The summed E-state index contributed by atoms with van der Waals surface area (Å²) >= 11 is 0. The standard InChI is InChI=1S/C20H27N3O4/c21-20(25)15-27-19-6-2-1-4-16(19)12-22-8-9-23(17(13-22)7-10-24)14-18-5-3-11-26-18/h1-6,11,17,24H,7-10,12-15H2,(H2,21,25). The first-order valence-corrected chi connectivity index (χ1v) is 9.24. The van der Waals surface area contributed by atoms with Crippen molar-refractivity contribution in [1.29, 1.82) is 0 Å². The molecule has 146 valence electrons. The number of nitrogens with zero attached hydrogens (tertiary/aromatic N) is 2. The molecule has 0 saturated carbocycles. The summed E-state index contributed by atoms with van der Waals surface area (Å²) in [6.45, 7) is 4.18. The first kappa shape index (κ1) is 19.4. The lowest BCUT2D eigenvalue weighted by Crippen LogP contribution is -2.52. The van der Waals surface area contributed by atoms with E-state index in [1.54, 1.807) is 6.26 Å². The highest BCUT2D eigenvalue weighted by molar-refractivity contribution is 5.75. The van der Waals surface area contributed by atoms with Crippen LogP contribution in [0.4, 0.5) is 0 Å². The van der Waals surface area contributed by atoms with Crippen LogP contribution < -0.4 is 10.5 Å². The number of furan rings is 1. The first-order valence-electron chi connectivity index (χ1n) is 9.24. The lowest BCUT2D eigenvalue weighted by atomic mass is 10.1. The zero-order valence-electron chi connectivity index (χ0n) is 15.4. The predicted octanol–water partition coefficient (Wildman–Crippen LogP) is 1.21. The summed E-state index contributed by atoms with van der Waals surface area (Å²) in [7, 11) is 0. The average molecular weight is 373 g/mol. The molecule has 0 spiro atoms. The van der Waals surface area contributed by atoms with Gasteiger partial charge in [-0.25, -0.2) is 0 Å². The molecule has 2 aromatic rings. The van der Waals surface area contributed by atoms with Crippen molar-refractivity contribution < 1.29 is 19.1 Å². The van der Waals surface area contributed by atoms with Gasteiger partial charge in [-0.3, -0.25) is 14.6 Å². The summed E-state index contributed by atoms with van der Waals surface area (Å²) < 4.78 is 11.0. The van der Waals surface area contributed by atoms with E-state index < -0.39 is 5.91 Å². The van der Waals surface area contributed by atoms with Crippen molar-refractivity contribution in [2.75, 3.05) is 32.8 Å². The fraction of sp³-hybridized carbons (Fsp3) is 0.450. The number of para-hydroxylation sites is 1. The van der Waals surface area contributed by atoms with Gasteiger partial charge in [-0.15, -0.1) is 0 Å². The Labute approximate surface area is 159 Å². The van der Waals surface area contributed by atoms with Gasteiger partial charge in [0.2, 0.25) is 0 Å². The molecule has 1 aromatic carbocycles. The molecule has 0 radical (unpaired) electrons. The molecule has 1 amide bonds. The number of ether oxygens (including phenoxy) is 1. The molecular formula is C20H27N3O4. The minimum absolute atomic E-state index is 0.124. The number of benzene rings is 1. The van der Waals surface area contributed by atoms with Crippen molar-refractivity contribution >= 4 is 5.91 Å².